The van der Waals surface area contributed by atoms with E-state index < -0.39 is 5.97 Å². The Morgan fingerprint density at radius 2 is 2.21 bits per heavy atom. The molecule has 1 fully saturated rings. The van der Waals surface area contributed by atoms with Gasteiger partial charge in [-0.1, -0.05) is 29.8 Å². The molecule has 2 rings (SSSR count). The van der Waals surface area contributed by atoms with Gasteiger partial charge < -0.3 is 10.0 Å². The smallest absolute Gasteiger partial charge is 0.303 e. The summed E-state index contributed by atoms with van der Waals surface area (Å²) in [5.74, 6) is -0.707. The molecule has 0 radical (unpaired) electrons. The van der Waals surface area contributed by atoms with Crippen molar-refractivity contribution >= 4 is 17.6 Å². The Balaban J connectivity index is 1.88. The topological polar surface area (TPSA) is 40.5 Å². The first-order valence-corrected chi connectivity index (χ1v) is 7.24. The van der Waals surface area contributed by atoms with Crippen molar-refractivity contribution in [1.82, 2.24) is 4.90 Å². The van der Waals surface area contributed by atoms with E-state index in [1.165, 1.54) is 18.4 Å². The van der Waals surface area contributed by atoms with Crippen LogP contribution in [-0.4, -0.2) is 35.1 Å². The first-order chi connectivity index (χ1) is 9.16. The maximum Gasteiger partial charge on any atom is 0.303 e. The first-order valence-electron chi connectivity index (χ1n) is 6.86. The molecule has 1 saturated heterocycles. The number of hydrogen-bond donors (Lipinski definition) is 1. The van der Waals surface area contributed by atoms with Crippen molar-refractivity contribution in [1.29, 1.82) is 0 Å². The monoisotopic (exact) mass is 281 g/mol. The Morgan fingerprint density at radius 3 is 2.95 bits per heavy atom. The van der Waals surface area contributed by atoms with E-state index in [-0.39, 0.29) is 6.42 Å². The van der Waals surface area contributed by atoms with Gasteiger partial charge in [0.25, 0.3) is 0 Å². The largest absolute Gasteiger partial charge is 0.481 e. The van der Waals surface area contributed by atoms with E-state index in [1.54, 1.807) is 0 Å². The number of carbonyl (C=O) groups is 1. The van der Waals surface area contributed by atoms with Crippen molar-refractivity contribution in [2.75, 3.05) is 13.1 Å². The molecule has 0 amide bonds. The van der Waals surface area contributed by atoms with Crippen LogP contribution < -0.4 is 0 Å². The average molecular weight is 282 g/mol. The summed E-state index contributed by atoms with van der Waals surface area (Å²) in [6.45, 7) is 1.95. The van der Waals surface area contributed by atoms with Crippen molar-refractivity contribution in [3.8, 4) is 0 Å². The van der Waals surface area contributed by atoms with Crippen LogP contribution in [0.2, 0.25) is 5.02 Å². The Hall–Kier alpha value is -1.06. The fourth-order valence-electron chi connectivity index (χ4n) is 2.77. The average Bonchev–Trinajstić information content (AvgIpc) is 2.79. The first kappa shape index (κ1) is 14.4. The number of likely N-dealkylation sites (tertiary alicyclic amines) is 1. The van der Waals surface area contributed by atoms with Gasteiger partial charge in [-0.2, -0.15) is 0 Å². The molecule has 1 aliphatic rings. The van der Waals surface area contributed by atoms with Crippen molar-refractivity contribution in [3.63, 3.8) is 0 Å². The van der Waals surface area contributed by atoms with Crippen molar-refractivity contribution in [2.45, 2.75) is 38.1 Å². The van der Waals surface area contributed by atoms with Crippen molar-refractivity contribution in [3.05, 3.63) is 34.9 Å². The molecule has 1 atom stereocenters. The fraction of sp³-hybridized carbons (Fsp3) is 0.533. The van der Waals surface area contributed by atoms with Gasteiger partial charge in [0.2, 0.25) is 0 Å². The SMILES string of the molecule is O=C(O)CCCN1CCC[C@H]1Cc1ccccc1Cl. The summed E-state index contributed by atoms with van der Waals surface area (Å²) in [4.78, 5) is 13.0. The highest BCUT2D eigenvalue weighted by molar-refractivity contribution is 6.31. The molecule has 19 heavy (non-hydrogen) atoms. The van der Waals surface area contributed by atoms with Crippen LogP contribution in [0.1, 0.15) is 31.2 Å². The van der Waals surface area contributed by atoms with Crippen LogP contribution >= 0.6 is 11.6 Å². The molecule has 1 N–H and O–H groups in total. The minimum absolute atomic E-state index is 0.259. The quantitative estimate of drug-likeness (QED) is 0.870. The van der Waals surface area contributed by atoms with E-state index in [1.807, 2.05) is 18.2 Å². The third-order valence-corrected chi connectivity index (χ3v) is 4.12. The Labute approximate surface area is 119 Å². The minimum atomic E-state index is -0.707. The lowest BCUT2D eigenvalue weighted by molar-refractivity contribution is -0.137. The molecule has 1 heterocycles. The van der Waals surface area contributed by atoms with Gasteiger partial charge in [0.15, 0.2) is 0 Å². The van der Waals surface area contributed by atoms with Gasteiger partial charge in [-0.25, -0.2) is 0 Å². The molecule has 1 aromatic rings. The lowest BCUT2D eigenvalue weighted by atomic mass is 10.0. The summed E-state index contributed by atoms with van der Waals surface area (Å²) in [5.41, 5.74) is 1.19. The number of nitrogens with zero attached hydrogens (tertiary/aromatic N) is 1. The lowest BCUT2D eigenvalue weighted by Gasteiger charge is -2.24. The van der Waals surface area contributed by atoms with Crippen LogP contribution in [0.4, 0.5) is 0 Å². The molecule has 0 aliphatic carbocycles. The minimum Gasteiger partial charge on any atom is -0.481 e. The molecule has 0 bridgehead atoms. The maximum absolute atomic E-state index is 10.6. The van der Waals surface area contributed by atoms with Crippen LogP contribution in [0.3, 0.4) is 0 Å². The van der Waals surface area contributed by atoms with Gasteiger partial charge in [-0.15, -0.1) is 0 Å². The standard InChI is InChI=1S/C15H20ClNO2/c16-14-7-2-1-5-12(14)11-13-6-3-9-17(13)10-4-8-15(18)19/h1-2,5,7,13H,3-4,6,8-11H2,(H,18,19)/t13-/m0/s1. The van der Waals surface area contributed by atoms with Crippen molar-refractivity contribution < 1.29 is 9.90 Å². The second-order valence-electron chi connectivity index (χ2n) is 5.12. The van der Waals surface area contributed by atoms with Crippen LogP contribution in [-0.2, 0) is 11.2 Å². The number of rotatable bonds is 6. The predicted octanol–water partition coefficient (Wildman–Crippen LogP) is 3.21. The summed E-state index contributed by atoms with van der Waals surface area (Å²) in [6, 6.07) is 8.49. The Morgan fingerprint density at radius 1 is 1.42 bits per heavy atom. The van der Waals surface area contributed by atoms with E-state index in [4.69, 9.17) is 16.7 Å². The van der Waals surface area contributed by atoms with Gasteiger partial charge >= 0.3 is 5.97 Å². The van der Waals surface area contributed by atoms with E-state index in [0.717, 1.165) is 31.0 Å². The summed E-state index contributed by atoms with van der Waals surface area (Å²) in [7, 11) is 0. The highest BCUT2D eigenvalue weighted by atomic mass is 35.5. The third kappa shape index (κ3) is 4.22. The molecule has 1 aromatic carbocycles. The second kappa shape index (κ2) is 6.92. The van der Waals surface area contributed by atoms with Gasteiger partial charge in [0.1, 0.15) is 0 Å². The van der Waals surface area contributed by atoms with E-state index in [0.29, 0.717) is 6.04 Å². The third-order valence-electron chi connectivity index (χ3n) is 3.75. The van der Waals surface area contributed by atoms with Crippen LogP contribution in [0, 0.1) is 0 Å². The van der Waals surface area contributed by atoms with Crippen LogP contribution in [0.15, 0.2) is 24.3 Å². The van der Waals surface area contributed by atoms with Gasteiger partial charge in [0.05, 0.1) is 0 Å². The molecule has 0 saturated carbocycles. The zero-order chi connectivity index (χ0) is 13.7. The number of carboxylic acids is 1. The Kier molecular flexibility index (Phi) is 5.23. The van der Waals surface area contributed by atoms with E-state index >= 15 is 0 Å². The zero-order valence-electron chi connectivity index (χ0n) is 11.0. The highest BCUT2D eigenvalue weighted by Crippen LogP contribution is 2.24. The number of halogens is 1. The molecule has 0 aromatic heterocycles. The lowest BCUT2D eigenvalue weighted by Crippen LogP contribution is -2.32. The summed E-state index contributed by atoms with van der Waals surface area (Å²) >= 11 is 6.20. The number of benzene rings is 1. The van der Waals surface area contributed by atoms with E-state index in [9.17, 15) is 4.79 Å². The maximum atomic E-state index is 10.6. The van der Waals surface area contributed by atoms with E-state index in [2.05, 4.69) is 11.0 Å². The number of carboxylic acid groups (broad SMARTS) is 1. The molecule has 104 valence electrons. The molecular weight excluding hydrogens is 262 g/mol. The normalized spacial score (nSPS) is 19.7. The van der Waals surface area contributed by atoms with Crippen molar-refractivity contribution in [2.24, 2.45) is 0 Å². The van der Waals surface area contributed by atoms with Crippen LogP contribution in [0.5, 0.6) is 0 Å². The second-order valence-corrected chi connectivity index (χ2v) is 5.53. The molecule has 4 heteroatoms. The number of aliphatic carboxylic acids is 1. The summed E-state index contributed by atoms with van der Waals surface area (Å²) in [5, 5.41) is 9.52. The molecular formula is C15H20ClNO2. The van der Waals surface area contributed by atoms with Gasteiger partial charge in [0, 0.05) is 17.5 Å². The molecule has 3 nitrogen and oxygen atoms in total. The predicted molar refractivity (Wildman–Crippen MR) is 76.6 cm³/mol. The summed E-state index contributed by atoms with van der Waals surface area (Å²) < 4.78 is 0. The number of hydrogen-bond acceptors (Lipinski definition) is 2. The molecule has 1 aliphatic heterocycles. The van der Waals surface area contributed by atoms with Gasteiger partial charge in [-0.3, -0.25) is 4.79 Å². The fourth-order valence-corrected chi connectivity index (χ4v) is 2.98. The molecule has 0 unspecified atom stereocenters. The van der Waals surface area contributed by atoms with Crippen LogP contribution in [0.25, 0.3) is 0 Å². The Bertz CT molecular complexity index is 436. The summed E-state index contributed by atoms with van der Waals surface area (Å²) in [6.07, 6.45) is 4.33. The molecule has 0 spiro atoms. The zero-order valence-corrected chi connectivity index (χ0v) is 11.8. The highest BCUT2D eigenvalue weighted by Gasteiger charge is 2.24. The van der Waals surface area contributed by atoms with Gasteiger partial charge in [-0.05, 0) is 50.4 Å².